The van der Waals surface area contributed by atoms with Crippen molar-refractivity contribution in [3.63, 3.8) is 0 Å². The molecule has 2 N–H and O–H groups in total. The molecule has 0 unspecified atom stereocenters. The van der Waals surface area contributed by atoms with Gasteiger partial charge < -0.3 is 10.6 Å². The molecular formula is C23H18BrClN4O. The lowest BCUT2D eigenvalue weighted by molar-refractivity contribution is 0.0703. The predicted octanol–water partition coefficient (Wildman–Crippen LogP) is 5.59. The molecule has 0 aliphatic carbocycles. The first-order valence-electron chi connectivity index (χ1n) is 9.63. The first-order valence-corrected chi connectivity index (χ1v) is 10.8. The van der Waals surface area contributed by atoms with E-state index in [1.54, 1.807) is 29.3 Å². The number of hydrazone groups is 1. The summed E-state index contributed by atoms with van der Waals surface area (Å²) in [5.74, 6) is -0.150. The maximum absolute atomic E-state index is 13.3. The molecule has 0 spiro atoms. The predicted molar refractivity (Wildman–Crippen MR) is 124 cm³/mol. The largest absolute Gasteiger partial charge is 0.362 e. The number of hydrogen-bond donors (Lipinski definition) is 2. The molecule has 5 nitrogen and oxygen atoms in total. The molecule has 150 valence electrons. The molecule has 0 fully saturated rings. The van der Waals surface area contributed by atoms with E-state index in [1.807, 2.05) is 48.5 Å². The van der Waals surface area contributed by atoms with Crippen LogP contribution in [0.15, 0.2) is 82.4 Å². The molecule has 2 aliphatic heterocycles. The Kier molecular flexibility index (Phi) is 4.97. The van der Waals surface area contributed by atoms with Crippen molar-refractivity contribution in [3.8, 4) is 0 Å². The first kappa shape index (κ1) is 19.2. The topological polar surface area (TPSA) is 56.7 Å². The summed E-state index contributed by atoms with van der Waals surface area (Å²) in [7, 11) is 0. The van der Waals surface area contributed by atoms with Crippen molar-refractivity contribution in [3.05, 3.63) is 93.4 Å². The van der Waals surface area contributed by atoms with Crippen LogP contribution in [0, 0.1) is 0 Å². The zero-order valence-corrected chi connectivity index (χ0v) is 18.2. The quantitative estimate of drug-likeness (QED) is 0.513. The van der Waals surface area contributed by atoms with Crippen LogP contribution in [0.5, 0.6) is 0 Å². The fourth-order valence-electron chi connectivity index (χ4n) is 3.83. The summed E-state index contributed by atoms with van der Waals surface area (Å²) in [5.41, 5.74) is 4.50. The molecule has 2 heterocycles. The average molecular weight is 482 g/mol. The Labute approximate surface area is 187 Å². The highest BCUT2D eigenvalue weighted by Gasteiger charge is 2.40. The molecule has 3 aromatic rings. The maximum atomic E-state index is 13.3. The number of amides is 1. The van der Waals surface area contributed by atoms with Crippen molar-refractivity contribution in [2.45, 2.75) is 18.6 Å². The fourth-order valence-corrected chi connectivity index (χ4v) is 4.22. The highest BCUT2D eigenvalue weighted by atomic mass is 79.9. The molecule has 30 heavy (non-hydrogen) atoms. The van der Waals surface area contributed by atoms with Crippen LogP contribution in [-0.2, 0) is 0 Å². The van der Waals surface area contributed by atoms with Gasteiger partial charge in [0.1, 0.15) is 12.2 Å². The lowest BCUT2D eigenvalue weighted by Gasteiger charge is -2.27. The van der Waals surface area contributed by atoms with E-state index in [0.717, 1.165) is 27.1 Å². The molecule has 0 saturated carbocycles. The third-order valence-corrected chi connectivity index (χ3v) is 6.14. The summed E-state index contributed by atoms with van der Waals surface area (Å²) in [5, 5.41) is 13.9. The number of para-hydroxylation sites is 2. The van der Waals surface area contributed by atoms with Gasteiger partial charge >= 0.3 is 0 Å². The molecule has 5 rings (SSSR count). The number of nitrogens with zero attached hydrogens (tertiary/aromatic N) is 2. The third kappa shape index (κ3) is 3.57. The number of fused-ring (bicyclic) bond motifs is 1. The molecule has 3 aromatic carbocycles. The van der Waals surface area contributed by atoms with Gasteiger partial charge in [-0.1, -0.05) is 51.8 Å². The molecule has 2 aliphatic rings. The molecule has 1 amide bonds. The molecule has 0 aromatic heterocycles. The fraction of sp³-hybridized carbons (Fsp3) is 0.130. The van der Waals surface area contributed by atoms with Crippen molar-refractivity contribution in [1.29, 1.82) is 0 Å². The van der Waals surface area contributed by atoms with Gasteiger partial charge in [0.25, 0.3) is 5.91 Å². The Morgan fingerprint density at radius 2 is 1.60 bits per heavy atom. The van der Waals surface area contributed by atoms with Crippen LogP contribution in [0.1, 0.15) is 22.3 Å². The highest BCUT2D eigenvalue weighted by Crippen LogP contribution is 2.34. The van der Waals surface area contributed by atoms with Gasteiger partial charge in [0.2, 0.25) is 0 Å². The van der Waals surface area contributed by atoms with E-state index in [0.29, 0.717) is 17.0 Å². The number of halogens is 2. The average Bonchev–Trinajstić information content (AvgIpc) is 3.39. The van der Waals surface area contributed by atoms with Gasteiger partial charge in [-0.2, -0.15) is 5.10 Å². The second kappa shape index (κ2) is 7.78. The zero-order valence-electron chi connectivity index (χ0n) is 15.8. The molecule has 0 saturated heterocycles. The minimum Gasteiger partial charge on any atom is -0.362 e. The van der Waals surface area contributed by atoms with E-state index in [-0.39, 0.29) is 18.1 Å². The molecule has 7 heteroatoms. The van der Waals surface area contributed by atoms with E-state index in [4.69, 9.17) is 16.7 Å². The van der Waals surface area contributed by atoms with Crippen LogP contribution < -0.4 is 10.6 Å². The molecule has 0 bridgehead atoms. The first-order chi connectivity index (χ1) is 14.6. The minimum atomic E-state index is -0.181. The Morgan fingerprint density at radius 1 is 0.967 bits per heavy atom. The summed E-state index contributed by atoms with van der Waals surface area (Å²) in [6.07, 6.45) is 0.495. The van der Waals surface area contributed by atoms with Gasteiger partial charge in [0.05, 0.1) is 17.1 Å². The van der Waals surface area contributed by atoms with E-state index in [1.165, 1.54) is 0 Å². The second-order valence-corrected chi connectivity index (χ2v) is 8.65. The summed E-state index contributed by atoms with van der Waals surface area (Å²) < 4.78 is 1.00. The van der Waals surface area contributed by atoms with Crippen molar-refractivity contribution < 1.29 is 4.79 Å². The Hall–Kier alpha value is -2.83. The van der Waals surface area contributed by atoms with E-state index in [9.17, 15) is 4.79 Å². The number of hydrogen-bond acceptors (Lipinski definition) is 4. The Morgan fingerprint density at radius 3 is 2.23 bits per heavy atom. The van der Waals surface area contributed by atoms with Gasteiger partial charge in [0.15, 0.2) is 0 Å². The van der Waals surface area contributed by atoms with Crippen LogP contribution in [-0.4, -0.2) is 28.8 Å². The van der Waals surface area contributed by atoms with Crippen LogP contribution in [0.4, 0.5) is 11.4 Å². The number of carbonyl (C=O) groups is 1. The number of anilines is 2. The number of rotatable bonds is 3. The van der Waals surface area contributed by atoms with Gasteiger partial charge in [-0.05, 0) is 54.1 Å². The molecule has 0 radical (unpaired) electrons. The van der Waals surface area contributed by atoms with Gasteiger partial charge in [-0.15, -0.1) is 0 Å². The lowest BCUT2D eigenvalue weighted by Crippen LogP contribution is -2.46. The lowest BCUT2D eigenvalue weighted by atomic mass is 10.0. The van der Waals surface area contributed by atoms with Crippen LogP contribution in [0.25, 0.3) is 0 Å². The molecule has 1 atom stereocenters. The summed E-state index contributed by atoms with van der Waals surface area (Å²) in [6.45, 7) is 0. The number of benzene rings is 3. The van der Waals surface area contributed by atoms with Gasteiger partial charge in [-0.3, -0.25) is 4.79 Å². The SMILES string of the molecule is O=C(c1ccc(Cl)cc1)N1N=C(c2ccc(Br)cc2)C[C@@H]1C1Nc2ccccc2N1. The Balaban J connectivity index is 1.48. The smallest absolute Gasteiger partial charge is 0.274 e. The van der Waals surface area contributed by atoms with Crippen molar-refractivity contribution in [1.82, 2.24) is 5.01 Å². The van der Waals surface area contributed by atoms with Crippen molar-refractivity contribution in [2.24, 2.45) is 5.10 Å². The van der Waals surface area contributed by atoms with Crippen LogP contribution >= 0.6 is 27.5 Å². The van der Waals surface area contributed by atoms with Crippen molar-refractivity contribution in [2.75, 3.05) is 10.6 Å². The van der Waals surface area contributed by atoms with E-state index < -0.39 is 0 Å². The normalized spacial score (nSPS) is 17.9. The summed E-state index contributed by atoms with van der Waals surface area (Å²) >= 11 is 9.47. The van der Waals surface area contributed by atoms with Crippen LogP contribution in [0.3, 0.4) is 0 Å². The number of carbonyl (C=O) groups excluding carboxylic acids is 1. The van der Waals surface area contributed by atoms with Gasteiger partial charge in [0, 0.05) is 21.5 Å². The Bertz CT molecular complexity index is 1110. The summed E-state index contributed by atoms with van der Waals surface area (Å²) in [4.78, 5) is 13.3. The van der Waals surface area contributed by atoms with E-state index >= 15 is 0 Å². The number of nitrogens with one attached hydrogen (secondary N) is 2. The maximum Gasteiger partial charge on any atom is 0.274 e. The summed E-state index contributed by atoms with van der Waals surface area (Å²) in [6, 6.07) is 22.8. The standard InChI is InChI=1S/C23H18BrClN4O/c24-16-9-5-14(6-10-16)20-13-21(22-26-18-3-1-2-4-19(18)27-22)29(28-20)23(30)15-7-11-17(25)12-8-15/h1-12,21-22,26-27H,13H2/t21-/m1/s1. The monoisotopic (exact) mass is 480 g/mol. The zero-order chi connectivity index (χ0) is 20.7. The second-order valence-electron chi connectivity index (χ2n) is 7.29. The van der Waals surface area contributed by atoms with E-state index in [2.05, 4.69) is 26.6 Å². The van der Waals surface area contributed by atoms with Crippen molar-refractivity contribution >= 4 is 50.5 Å². The third-order valence-electron chi connectivity index (χ3n) is 5.36. The highest BCUT2D eigenvalue weighted by molar-refractivity contribution is 9.10. The molecular weight excluding hydrogens is 464 g/mol. The minimum absolute atomic E-state index is 0.143. The van der Waals surface area contributed by atoms with Gasteiger partial charge in [-0.25, -0.2) is 5.01 Å². The van der Waals surface area contributed by atoms with Crippen LogP contribution in [0.2, 0.25) is 5.02 Å².